The highest BCUT2D eigenvalue weighted by Crippen LogP contribution is 2.34. The molecule has 0 radical (unpaired) electrons. The van der Waals surface area contributed by atoms with Gasteiger partial charge in [0.15, 0.2) is 11.5 Å². The summed E-state index contributed by atoms with van der Waals surface area (Å²) in [5.41, 5.74) is 2.83. The minimum atomic E-state index is -0.165. The largest absolute Gasteiger partial charge is 0.454 e. The second kappa shape index (κ2) is 7.83. The Labute approximate surface area is 158 Å². The number of ether oxygens (including phenoxy) is 2. The summed E-state index contributed by atoms with van der Waals surface area (Å²) in [5.74, 6) is 1.34. The third-order valence-corrected chi connectivity index (χ3v) is 4.34. The van der Waals surface area contributed by atoms with Crippen molar-refractivity contribution in [3.8, 4) is 11.5 Å². The molecule has 0 spiro atoms. The number of carbonyl (C=O) groups excluding carboxylic acids is 1. The third kappa shape index (κ3) is 4.20. The van der Waals surface area contributed by atoms with E-state index >= 15 is 0 Å². The van der Waals surface area contributed by atoms with Crippen molar-refractivity contribution in [2.24, 2.45) is 0 Å². The summed E-state index contributed by atoms with van der Waals surface area (Å²) in [7, 11) is 0. The van der Waals surface area contributed by atoms with Crippen LogP contribution in [-0.2, 0) is 13.1 Å². The first-order valence-corrected chi connectivity index (χ1v) is 8.81. The number of amides is 2. The normalized spacial score (nSPS) is 11.9. The molecule has 3 aromatic carbocycles. The second-order valence-electron chi connectivity index (χ2n) is 6.33. The van der Waals surface area contributed by atoms with E-state index in [1.807, 2.05) is 66.7 Å². The van der Waals surface area contributed by atoms with Crippen molar-refractivity contribution < 1.29 is 14.3 Å². The van der Waals surface area contributed by atoms with Crippen LogP contribution in [0.15, 0.2) is 78.9 Å². The number of hydrogen-bond acceptors (Lipinski definition) is 3. The van der Waals surface area contributed by atoms with Crippen molar-refractivity contribution in [1.82, 2.24) is 4.90 Å². The Kier molecular flexibility index (Phi) is 4.92. The minimum absolute atomic E-state index is 0.165. The van der Waals surface area contributed by atoms with E-state index in [9.17, 15) is 4.79 Å². The van der Waals surface area contributed by atoms with E-state index in [0.717, 1.165) is 11.1 Å². The molecule has 0 saturated heterocycles. The fraction of sp³-hybridized carbons (Fsp3) is 0.136. The van der Waals surface area contributed by atoms with Crippen LogP contribution in [0.2, 0.25) is 0 Å². The molecule has 0 aliphatic carbocycles. The molecule has 2 amide bonds. The lowest BCUT2D eigenvalue weighted by Crippen LogP contribution is -2.34. The Morgan fingerprint density at radius 2 is 1.41 bits per heavy atom. The fourth-order valence-electron chi connectivity index (χ4n) is 2.98. The third-order valence-electron chi connectivity index (χ3n) is 4.34. The lowest BCUT2D eigenvalue weighted by molar-refractivity contribution is 0.174. The molecule has 3 aromatic rings. The van der Waals surface area contributed by atoms with Gasteiger partial charge in [0.25, 0.3) is 0 Å². The van der Waals surface area contributed by atoms with E-state index in [-0.39, 0.29) is 12.8 Å². The van der Waals surface area contributed by atoms with Crippen molar-refractivity contribution in [1.29, 1.82) is 0 Å². The number of fused-ring (bicyclic) bond motifs is 1. The van der Waals surface area contributed by atoms with E-state index in [1.54, 1.807) is 17.0 Å². The molecule has 0 bridgehead atoms. The summed E-state index contributed by atoms with van der Waals surface area (Å²) >= 11 is 0. The summed E-state index contributed by atoms with van der Waals surface area (Å²) in [6, 6.07) is 25.2. The highest BCUT2D eigenvalue weighted by molar-refractivity contribution is 5.89. The SMILES string of the molecule is O=C(Nc1ccc2c(c1)OCO2)N(Cc1ccccc1)Cc1ccccc1. The second-order valence-corrected chi connectivity index (χ2v) is 6.33. The van der Waals surface area contributed by atoms with Crippen molar-refractivity contribution in [2.45, 2.75) is 13.1 Å². The predicted octanol–water partition coefficient (Wildman–Crippen LogP) is 4.65. The zero-order valence-electron chi connectivity index (χ0n) is 14.8. The number of nitrogens with zero attached hydrogens (tertiary/aromatic N) is 1. The molecule has 5 heteroatoms. The molecular weight excluding hydrogens is 340 g/mol. The topological polar surface area (TPSA) is 50.8 Å². The van der Waals surface area contributed by atoms with Gasteiger partial charge in [0, 0.05) is 24.8 Å². The van der Waals surface area contributed by atoms with E-state index < -0.39 is 0 Å². The number of anilines is 1. The van der Waals surface area contributed by atoms with E-state index in [0.29, 0.717) is 30.3 Å². The van der Waals surface area contributed by atoms with Crippen LogP contribution in [0.3, 0.4) is 0 Å². The number of urea groups is 1. The van der Waals surface area contributed by atoms with Crippen LogP contribution in [0.1, 0.15) is 11.1 Å². The standard InChI is InChI=1S/C22H20N2O3/c25-22(23-19-11-12-20-21(13-19)27-16-26-20)24(14-17-7-3-1-4-8-17)15-18-9-5-2-6-10-18/h1-13H,14-16H2,(H,23,25). The van der Waals surface area contributed by atoms with Crippen LogP contribution in [0.4, 0.5) is 10.5 Å². The van der Waals surface area contributed by atoms with E-state index in [2.05, 4.69) is 5.32 Å². The summed E-state index contributed by atoms with van der Waals surface area (Å²) in [6.07, 6.45) is 0. The number of nitrogens with one attached hydrogen (secondary N) is 1. The first-order chi connectivity index (χ1) is 13.3. The number of benzene rings is 3. The number of hydrogen-bond donors (Lipinski definition) is 1. The average Bonchev–Trinajstić information content (AvgIpc) is 3.17. The molecule has 4 rings (SSSR count). The summed E-state index contributed by atoms with van der Waals surface area (Å²) in [5, 5.41) is 2.96. The average molecular weight is 360 g/mol. The Morgan fingerprint density at radius 1 is 0.815 bits per heavy atom. The van der Waals surface area contributed by atoms with Crippen molar-refractivity contribution in [2.75, 3.05) is 12.1 Å². The molecule has 0 aromatic heterocycles. The van der Waals surface area contributed by atoms with Crippen LogP contribution in [0, 0.1) is 0 Å². The molecule has 1 aliphatic rings. The van der Waals surface area contributed by atoms with Crippen molar-refractivity contribution in [3.05, 3.63) is 90.0 Å². The van der Waals surface area contributed by atoms with Gasteiger partial charge in [-0.05, 0) is 23.3 Å². The first kappa shape index (κ1) is 17.0. The molecule has 136 valence electrons. The van der Waals surface area contributed by atoms with Crippen molar-refractivity contribution in [3.63, 3.8) is 0 Å². The zero-order chi connectivity index (χ0) is 18.5. The maximum Gasteiger partial charge on any atom is 0.322 e. The Morgan fingerprint density at radius 3 is 2.04 bits per heavy atom. The van der Waals surface area contributed by atoms with Gasteiger partial charge >= 0.3 is 6.03 Å². The number of carbonyl (C=O) groups is 1. The molecular formula is C22H20N2O3. The van der Waals surface area contributed by atoms with E-state index in [1.165, 1.54) is 0 Å². The van der Waals surface area contributed by atoms with Gasteiger partial charge < -0.3 is 19.7 Å². The molecule has 1 N–H and O–H groups in total. The Hall–Kier alpha value is -3.47. The van der Waals surface area contributed by atoms with Crippen molar-refractivity contribution >= 4 is 11.7 Å². The molecule has 0 saturated carbocycles. The van der Waals surface area contributed by atoms with Crippen LogP contribution in [0.5, 0.6) is 11.5 Å². The summed E-state index contributed by atoms with van der Waals surface area (Å²) in [6.45, 7) is 1.25. The lowest BCUT2D eigenvalue weighted by atomic mass is 10.2. The van der Waals surface area contributed by atoms with Gasteiger partial charge in [-0.1, -0.05) is 60.7 Å². The van der Waals surface area contributed by atoms with Gasteiger partial charge in [0.05, 0.1) is 0 Å². The van der Waals surface area contributed by atoms with Gasteiger partial charge in [-0.15, -0.1) is 0 Å². The summed E-state index contributed by atoms with van der Waals surface area (Å²) < 4.78 is 10.7. The van der Waals surface area contributed by atoms with Gasteiger partial charge in [0.2, 0.25) is 6.79 Å². The Balaban J connectivity index is 1.52. The fourth-order valence-corrected chi connectivity index (χ4v) is 2.98. The monoisotopic (exact) mass is 360 g/mol. The van der Waals surface area contributed by atoms with E-state index in [4.69, 9.17) is 9.47 Å². The minimum Gasteiger partial charge on any atom is -0.454 e. The molecule has 0 fully saturated rings. The van der Waals surface area contributed by atoms with Gasteiger partial charge in [-0.3, -0.25) is 0 Å². The smallest absolute Gasteiger partial charge is 0.322 e. The molecule has 1 aliphatic heterocycles. The Bertz CT molecular complexity index is 872. The molecule has 0 unspecified atom stereocenters. The quantitative estimate of drug-likeness (QED) is 0.720. The lowest BCUT2D eigenvalue weighted by Gasteiger charge is -2.23. The van der Waals surface area contributed by atoms with Gasteiger partial charge in [0.1, 0.15) is 0 Å². The van der Waals surface area contributed by atoms with Crippen LogP contribution >= 0.6 is 0 Å². The highest BCUT2D eigenvalue weighted by Gasteiger charge is 2.18. The molecule has 0 atom stereocenters. The highest BCUT2D eigenvalue weighted by atomic mass is 16.7. The van der Waals surface area contributed by atoms with Crippen LogP contribution < -0.4 is 14.8 Å². The molecule has 5 nitrogen and oxygen atoms in total. The van der Waals surface area contributed by atoms with Crippen LogP contribution in [-0.4, -0.2) is 17.7 Å². The summed E-state index contributed by atoms with van der Waals surface area (Å²) in [4.78, 5) is 14.8. The van der Waals surface area contributed by atoms with Gasteiger partial charge in [-0.2, -0.15) is 0 Å². The van der Waals surface area contributed by atoms with Crippen LogP contribution in [0.25, 0.3) is 0 Å². The zero-order valence-corrected chi connectivity index (χ0v) is 14.8. The predicted molar refractivity (Wildman–Crippen MR) is 104 cm³/mol. The molecule has 1 heterocycles. The van der Waals surface area contributed by atoms with Gasteiger partial charge in [-0.25, -0.2) is 4.79 Å². The number of rotatable bonds is 5. The molecule has 27 heavy (non-hydrogen) atoms. The first-order valence-electron chi connectivity index (χ1n) is 8.81. The maximum atomic E-state index is 13.0. The maximum absolute atomic E-state index is 13.0.